The summed E-state index contributed by atoms with van der Waals surface area (Å²) in [6, 6.07) is 16.5. The number of hydrogen-bond acceptors (Lipinski definition) is 5. The van der Waals surface area contributed by atoms with Crippen molar-refractivity contribution in [3.05, 3.63) is 72.1 Å². The summed E-state index contributed by atoms with van der Waals surface area (Å²) in [6.45, 7) is 2.42. The van der Waals surface area contributed by atoms with Crippen LogP contribution in [0.4, 0.5) is 0 Å². The first kappa shape index (κ1) is 15.8. The van der Waals surface area contributed by atoms with Gasteiger partial charge < -0.3 is 13.9 Å². The topological polar surface area (TPSA) is 61.6 Å². The van der Waals surface area contributed by atoms with E-state index in [1.54, 1.807) is 37.5 Å². The Kier molecular flexibility index (Phi) is 4.91. The second kappa shape index (κ2) is 7.46. The van der Waals surface area contributed by atoms with Crippen LogP contribution in [0.15, 0.2) is 65.3 Å². The predicted octanol–water partition coefficient (Wildman–Crippen LogP) is 4.10. The molecular formula is C19H17NO4. The van der Waals surface area contributed by atoms with Gasteiger partial charge in [-0.25, -0.2) is 9.78 Å². The number of benzene rings is 2. The molecule has 0 aliphatic rings. The van der Waals surface area contributed by atoms with Gasteiger partial charge in [0.1, 0.15) is 24.3 Å². The van der Waals surface area contributed by atoms with E-state index in [1.807, 2.05) is 30.3 Å². The predicted molar refractivity (Wildman–Crippen MR) is 88.7 cm³/mol. The monoisotopic (exact) mass is 323 g/mol. The molecule has 0 bridgehead atoms. The third-order valence-electron chi connectivity index (χ3n) is 3.32. The lowest BCUT2D eigenvalue weighted by Crippen LogP contribution is -2.04. The van der Waals surface area contributed by atoms with Gasteiger partial charge in [-0.2, -0.15) is 0 Å². The van der Waals surface area contributed by atoms with E-state index in [9.17, 15) is 4.79 Å². The fraction of sp³-hybridized carbons (Fsp3) is 0.158. The van der Waals surface area contributed by atoms with Gasteiger partial charge in [-0.3, -0.25) is 0 Å². The van der Waals surface area contributed by atoms with Gasteiger partial charge in [-0.15, -0.1) is 0 Å². The van der Waals surface area contributed by atoms with Crippen LogP contribution in [0.3, 0.4) is 0 Å². The molecule has 122 valence electrons. The van der Waals surface area contributed by atoms with E-state index in [0.29, 0.717) is 29.5 Å². The van der Waals surface area contributed by atoms with E-state index in [2.05, 4.69) is 4.98 Å². The van der Waals surface area contributed by atoms with Crippen molar-refractivity contribution < 1.29 is 18.7 Å². The second-order valence-electron chi connectivity index (χ2n) is 5.04. The highest BCUT2D eigenvalue weighted by molar-refractivity contribution is 5.89. The Hall–Kier alpha value is -3.08. The summed E-state index contributed by atoms with van der Waals surface area (Å²) in [6.07, 6.45) is 1.58. The summed E-state index contributed by atoms with van der Waals surface area (Å²) in [7, 11) is 0. The second-order valence-corrected chi connectivity index (χ2v) is 5.04. The molecule has 0 aliphatic carbocycles. The average Bonchev–Trinajstić information content (AvgIpc) is 3.10. The number of oxazole rings is 1. The Morgan fingerprint density at radius 2 is 1.83 bits per heavy atom. The van der Waals surface area contributed by atoms with E-state index in [4.69, 9.17) is 13.9 Å². The highest BCUT2D eigenvalue weighted by atomic mass is 16.5. The molecule has 3 rings (SSSR count). The number of rotatable bonds is 6. The van der Waals surface area contributed by atoms with Crippen LogP contribution in [0.5, 0.6) is 5.75 Å². The summed E-state index contributed by atoms with van der Waals surface area (Å²) in [4.78, 5) is 16.0. The highest BCUT2D eigenvalue weighted by Crippen LogP contribution is 2.19. The minimum Gasteiger partial charge on any atom is -0.487 e. The van der Waals surface area contributed by atoms with Crippen LogP contribution < -0.4 is 4.74 Å². The SMILES string of the molecule is CCOC(=O)c1ccc(OCc2coc(-c3ccccc3)n2)cc1. The molecule has 0 spiro atoms. The molecule has 0 atom stereocenters. The molecular weight excluding hydrogens is 306 g/mol. The van der Waals surface area contributed by atoms with Crippen LogP contribution in [0.25, 0.3) is 11.5 Å². The van der Waals surface area contributed by atoms with Gasteiger partial charge in [0.15, 0.2) is 0 Å². The van der Waals surface area contributed by atoms with E-state index < -0.39 is 0 Å². The van der Waals surface area contributed by atoms with E-state index in [-0.39, 0.29) is 12.6 Å². The van der Waals surface area contributed by atoms with Gasteiger partial charge in [-0.05, 0) is 43.3 Å². The molecule has 24 heavy (non-hydrogen) atoms. The molecule has 0 N–H and O–H groups in total. The minimum absolute atomic E-state index is 0.287. The molecule has 0 saturated heterocycles. The minimum atomic E-state index is -0.340. The van der Waals surface area contributed by atoms with Gasteiger partial charge in [-0.1, -0.05) is 18.2 Å². The van der Waals surface area contributed by atoms with Crippen molar-refractivity contribution >= 4 is 5.97 Å². The zero-order valence-corrected chi connectivity index (χ0v) is 13.3. The van der Waals surface area contributed by atoms with Gasteiger partial charge in [0.25, 0.3) is 0 Å². The van der Waals surface area contributed by atoms with Crippen LogP contribution in [0.2, 0.25) is 0 Å². The molecule has 0 saturated carbocycles. The van der Waals surface area contributed by atoms with Crippen molar-refractivity contribution in [1.82, 2.24) is 4.98 Å². The number of hydrogen-bond donors (Lipinski definition) is 0. The molecule has 1 aromatic heterocycles. The lowest BCUT2D eigenvalue weighted by atomic mass is 10.2. The number of carbonyl (C=O) groups excluding carboxylic acids is 1. The molecule has 0 unspecified atom stereocenters. The van der Waals surface area contributed by atoms with Crippen molar-refractivity contribution in [2.24, 2.45) is 0 Å². The summed E-state index contributed by atoms with van der Waals surface area (Å²) in [5, 5.41) is 0. The standard InChI is InChI=1S/C19H17NO4/c1-2-22-19(21)15-8-10-17(11-9-15)23-12-16-13-24-18(20-16)14-6-4-3-5-7-14/h3-11,13H,2,12H2,1H3. The first-order valence-corrected chi connectivity index (χ1v) is 7.66. The van der Waals surface area contributed by atoms with Gasteiger partial charge >= 0.3 is 5.97 Å². The van der Waals surface area contributed by atoms with Crippen LogP contribution in [0, 0.1) is 0 Å². The summed E-state index contributed by atoms with van der Waals surface area (Å²) in [5.41, 5.74) is 2.11. The number of carbonyl (C=O) groups is 1. The van der Waals surface area contributed by atoms with Crippen LogP contribution in [-0.4, -0.2) is 17.6 Å². The zero-order valence-electron chi connectivity index (χ0n) is 13.3. The van der Waals surface area contributed by atoms with Gasteiger partial charge in [0, 0.05) is 5.56 Å². The third-order valence-corrected chi connectivity index (χ3v) is 3.32. The number of esters is 1. The molecule has 3 aromatic rings. The molecule has 5 heteroatoms. The molecule has 0 amide bonds. The molecule has 0 aliphatic heterocycles. The highest BCUT2D eigenvalue weighted by Gasteiger charge is 2.08. The van der Waals surface area contributed by atoms with Crippen molar-refractivity contribution in [1.29, 1.82) is 0 Å². The van der Waals surface area contributed by atoms with Crippen molar-refractivity contribution in [2.75, 3.05) is 6.61 Å². The number of nitrogens with zero attached hydrogens (tertiary/aromatic N) is 1. The quantitative estimate of drug-likeness (QED) is 0.639. The average molecular weight is 323 g/mol. The lowest BCUT2D eigenvalue weighted by Gasteiger charge is -2.05. The fourth-order valence-corrected chi connectivity index (χ4v) is 2.15. The Bertz CT molecular complexity index is 794. The fourth-order valence-electron chi connectivity index (χ4n) is 2.15. The Labute approximate surface area is 139 Å². The molecule has 0 radical (unpaired) electrons. The van der Waals surface area contributed by atoms with E-state index >= 15 is 0 Å². The maximum atomic E-state index is 11.6. The Morgan fingerprint density at radius 1 is 1.08 bits per heavy atom. The zero-order chi connectivity index (χ0) is 16.8. The molecule has 1 heterocycles. The summed E-state index contributed by atoms with van der Waals surface area (Å²) in [5.74, 6) is 0.868. The third kappa shape index (κ3) is 3.81. The van der Waals surface area contributed by atoms with Crippen LogP contribution >= 0.6 is 0 Å². The first-order chi connectivity index (χ1) is 11.8. The largest absolute Gasteiger partial charge is 0.487 e. The van der Waals surface area contributed by atoms with Crippen molar-refractivity contribution in [3.63, 3.8) is 0 Å². The molecule has 5 nitrogen and oxygen atoms in total. The van der Waals surface area contributed by atoms with E-state index in [0.717, 1.165) is 5.56 Å². The van der Waals surface area contributed by atoms with Crippen molar-refractivity contribution in [2.45, 2.75) is 13.5 Å². The van der Waals surface area contributed by atoms with Gasteiger partial charge in [0.2, 0.25) is 5.89 Å². The van der Waals surface area contributed by atoms with E-state index in [1.165, 1.54) is 0 Å². The summed E-state index contributed by atoms with van der Waals surface area (Å²) >= 11 is 0. The normalized spacial score (nSPS) is 10.4. The Morgan fingerprint density at radius 3 is 2.54 bits per heavy atom. The lowest BCUT2D eigenvalue weighted by molar-refractivity contribution is 0.0526. The van der Waals surface area contributed by atoms with Crippen LogP contribution in [0.1, 0.15) is 23.0 Å². The maximum Gasteiger partial charge on any atom is 0.338 e. The smallest absolute Gasteiger partial charge is 0.338 e. The first-order valence-electron chi connectivity index (χ1n) is 7.66. The Balaban J connectivity index is 1.60. The number of aromatic nitrogens is 1. The van der Waals surface area contributed by atoms with Crippen molar-refractivity contribution in [3.8, 4) is 17.2 Å². The van der Waals surface area contributed by atoms with Crippen LogP contribution in [-0.2, 0) is 11.3 Å². The van der Waals surface area contributed by atoms with Gasteiger partial charge in [0.05, 0.1) is 12.2 Å². The molecule has 0 fully saturated rings. The summed E-state index contributed by atoms with van der Waals surface area (Å²) < 4.78 is 16.1. The molecule has 2 aromatic carbocycles. The number of ether oxygens (including phenoxy) is 2. The maximum absolute atomic E-state index is 11.6.